The average Bonchev–Trinajstić information content (AvgIpc) is 2.36. The minimum absolute atomic E-state index is 0.375. The second kappa shape index (κ2) is 5.43. The Balaban J connectivity index is 1.76. The van der Waals surface area contributed by atoms with E-state index in [0.717, 1.165) is 34.7 Å². The first-order valence-corrected chi connectivity index (χ1v) is 8.30. The molecule has 19 heavy (non-hydrogen) atoms. The average molecular weight is 338 g/mol. The molecule has 0 radical (unpaired) electrons. The highest BCUT2D eigenvalue weighted by Gasteiger charge is 2.32. The van der Waals surface area contributed by atoms with E-state index in [0.29, 0.717) is 5.41 Å². The van der Waals surface area contributed by atoms with Gasteiger partial charge in [0, 0.05) is 33.0 Å². The maximum absolute atomic E-state index is 5.30. The fraction of sp³-hybridized carbons (Fsp3) is 0.400. The van der Waals surface area contributed by atoms with Gasteiger partial charge in [-0.3, -0.25) is 4.98 Å². The Hall–Kier alpha value is -0.580. The summed E-state index contributed by atoms with van der Waals surface area (Å²) in [6, 6.07) is 8.40. The first-order chi connectivity index (χ1) is 9.16. The molecule has 1 aliphatic rings. The molecular weight excluding hydrogens is 322 g/mol. The van der Waals surface area contributed by atoms with Crippen LogP contribution in [0.5, 0.6) is 0 Å². The summed E-state index contributed by atoms with van der Waals surface area (Å²) in [5.41, 5.74) is 2.80. The number of aromatic nitrogens is 1. The Morgan fingerprint density at radius 2 is 2.26 bits per heavy atom. The highest BCUT2D eigenvalue weighted by Crippen LogP contribution is 2.33. The molecule has 1 aromatic heterocycles. The number of nitrogens with zero attached hydrogens (tertiary/aromatic N) is 1. The standard InChI is InChI=1S/C15H16BrNOS/c1-15(8-18-9-15)10-19-7-12-6-13(16)5-11-3-2-4-17-14(11)12/h2-6H,7-10H2,1H3. The predicted molar refractivity (Wildman–Crippen MR) is 84.5 cm³/mol. The third-order valence-corrected chi connectivity index (χ3v) is 5.23. The van der Waals surface area contributed by atoms with Gasteiger partial charge < -0.3 is 4.74 Å². The van der Waals surface area contributed by atoms with E-state index >= 15 is 0 Å². The lowest BCUT2D eigenvalue weighted by Gasteiger charge is -2.37. The van der Waals surface area contributed by atoms with Gasteiger partial charge >= 0.3 is 0 Å². The summed E-state index contributed by atoms with van der Waals surface area (Å²) < 4.78 is 6.42. The zero-order valence-electron chi connectivity index (χ0n) is 10.9. The molecule has 0 spiro atoms. The summed E-state index contributed by atoms with van der Waals surface area (Å²) >= 11 is 5.55. The van der Waals surface area contributed by atoms with Gasteiger partial charge in [0.25, 0.3) is 0 Å². The fourth-order valence-corrected chi connectivity index (χ4v) is 4.00. The van der Waals surface area contributed by atoms with Crippen molar-refractivity contribution >= 4 is 38.6 Å². The van der Waals surface area contributed by atoms with Gasteiger partial charge in [0.15, 0.2) is 0 Å². The van der Waals surface area contributed by atoms with E-state index in [1.54, 1.807) is 0 Å². The maximum atomic E-state index is 5.30. The molecule has 0 saturated carbocycles. The highest BCUT2D eigenvalue weighted by atomic mass is 79.9. The Bertz CT molecular complexity index is 598. The number of thioether (sulfide) groups is 1. The van der Waals surface area contributed by atoms with E-state index in [1.165, 1.54) is 10.9 Å². The Morgan fingerprint density at radius 1 is 1.42 bits per heavy atom. The molecule has 0 unspecified atom stereocenters. The van der Waals surface area contributed by atoms with Crippen molar-refractivity contribution in [2.24, 2.45) is 5.41 Å². The number of benzene rings is 1. The van der Waals surface area contributed by atoms with Gasteiger partial charge in [-0.05, 0) is 23.8 Å². The van der Waals surface area contributed by atoms with Gasteiger partial charge in [0.05, 0.1) is 18.7 Å². The first-order valence-electron chi connectivity index (χ1n) is 6.35. The van der Waals surface area contributed by atoms with Crippen molar-refractivity contribution in [2.45, 2.75) is 12.7 Å². The van der Waals surface area contributed by atoms with E-state index < -0.39 is 0 Å². The minimum atomic E-state index is 0.375. The molecule has 1 aromatic carbocycles. The number of halogens is 1. The fourth-order valence-electron chi connectivity index (χ4n) is 2.28. The minimum Gasteiger partial charge on any atom is -0.380 e. The van der Waals surface area contributed by atoms with Crippen LogP contribution in [0.1, 0.15) is 12.5 Å². The lowest BCUT2D eigenvalue weighted by Crippen LogP contribution is -2.41. The van der Waals surface area contributed by atoms with Gasteiger partial charge in [0.1, 0.15) is 0 Å². The van der Waals surface area contributed by atoms with E-state index in [-0.39, 0.29) is 0 Å². The molecule has 0 atom stereocenters. The van der Waals surface area contributed by atoms with Gasteiger partial charge in [-0.2, -0.15) is 11.8 Å². The van der Waals surface area contributed by atoms with Crippen molar-refractivity contribution < 1.29 is 4.74 Å². The molecule has 0 N–H and O–H groups in total. The summed E-state index contributed by atoms with van der Waals surface area (Å²) in [4.78, 5) is 4.51. The second-order valence-electron chi connectivity index (χ2n) is 5.44. The Labute approximate surface area is 126 Å². The van der Waals surface area contributed by atoms with E-state index in [2.05, 4.69) is 46.0 Å². The molecule has 0 aliphatic carbocycles. The van der Waals surface area contributed by atoms with E-state index in [4.69, 9.17) is 4.74 Å². The summed E-state index contributed by atoms with van der Waals surface area (Å²) in [6.07, 6.45) is 1.87. The van der Waals surface area contributed by atoms with Crippen LogP contribution in [0.3, 0.4) is 0 Å². The molecule has 1 fully saturated rings. The molecule has 2 aromatic rings. The normalized spacial score (nSPS) is 17.4. The first kappa shape index (κ1) is 13.4. The molecular formula is C15H16BrNOS. The lowest BCUT2D eigenvalue weighted by molar-refractivity contribution is -0.0861. The van der Waals surface area contributed by atoms with Crippen LogP contribution < -0.4 is 0 Å². The third-order valence-electron chi connectivity index (χ3n) is 3.36. The lowest BCUT2D eigenvalue weighted by atomic mass is 9.92. The van der Waals surface area contributed by atoms with Gasteiger partial charge in [-0.25, -0.2) is 0 Å². The van der Waals surface area contributed by atoms with Crippen LogP contribution in [0.2, 0.25) is 0 Å². The van der Waals surface area contributed by atoms with Crippen molar-refractivity contribution in [3.05, 3.63) is 40.5 Å². The van der Waals surface area contributed by atoms with Crippen LogP contribution in [0.15, 0.2) is 34.9 Å². The SMILES string of the molecule is CC1(CSCc2cc(Br)cc3cccnc23)COC1. The number of fused-ring (bicyclic) bond motifs is 1. The Kier molecular flexibility index (Phi) is 3.83. The molecule has 1 aliphatic heterocycles. The van der Waals surface area contributed by atoms with Crippen LogP contribution in [-0.2, 0) is 10.5 Å². The number of pyridine rings is 1. The highest BCUT2D eigenvalue weighted by molar-refractivity contribution is 9.10. The number of hydrogen-bond donors (Lipinski definition) is 0. The molecule has 3 rings (SSSR count). The predicted octanol–water partition coefficient (Wildman–Crippen LogP) is 4.27. The molecule has 0 bridgehead atoms. The van der Waals surface area contributed by atoms with E-state index in [9.17, 15) is 0 Å². The topological polar surface area (TPSA) is 22.1 Å². The summed E-state index contributed by atoms with van der Waals surface area (Å²) in [5.74, 6) is 2.15. The number of ether oxygens (including phenoxy) is 1. The Morgan fingerprint density at radius 3 is 3.00 bits per heavy atom. The second-order valence-corrected chi connectivity index (χ2v) is 7.34. The van der Waals surface area contributed by atoms with Gasteiger partial charge in [0.2, 0.25) is 0 Å². The summed E-state index contributed by atoms with van der Waals surface area (Å²) in [7, 11) is 0. The molecule has 4 heteroatoms. The smallest absolute Gasteiger partial charge is 0.0743 e. The van der Waals surface area contributed by atoms with E-state index in [1.807, 2.05) is 24.0 Å². The van der Waals surface area contributed by atoms with Crippen molar-refractivity contribution in [3.63, 3.8) is 0 Å². The molecule has 100 valence electrons. The van der Waals surface area contributed by atoms with Crippen LogP contribution in [0.4, 0.5) is 0 Å². The van der Waals surface area contributed by atoms with Gasteiger partial charge in [-0.1, -0.05) is 28.9 Å². The van der Waals surface area contributed by atoms with Crippen LogP contribution in [0, 0.1) is 5.41 Å². The van der Waals surface area contributed by atoms with Crippen molar-refractivity contribution in [2.75, 3.05) is 19.0 Å². The quantitative estimate of drug-likeness (QED) is 0.831. The van der Waals surface area contributed by atoms with Crippen molar-refractivity contribution in [3.8, 4) is 0 Å². The molecule has 1 saturated heterocycles. The summed E-state index contributed by atoms with van der Waals surface area (Å²) in [5, 5.41) is 1.20. The van der Waals surface area contributed by atoms with Crippen LogP contribution in [0.25, 0.3) is 10.9 Å². The molecule has 2 heterocycles. The monoisotopic (exact) mass is 337 g/mol. The van der Waals surface area contributed by atoms with Crippen molar-refractivity contribution in [1.82, 2.24) is 4.98 Å². The summed E-state index contributed by atoms with van der Waals surface area (Å²) in [6.45, 7) is 4.09. The van der Waals surface area contributed by atoms with Crippen molar-refractivity contribution in [1.29, 1.82) is 0 Å². The molecule has 2 nitrogen and oxygen atoms in total. The molecule has 0 amide bonds. The largest absolute Gasteiger partial charge is 0.380 e. The maximum Gasteiger partial charge on any atom is 0.0743 e. The van der Waals surface area contributed by atoms with Crippen LogP contribution >= 0.6 is 27.7 Å². The zero-order valence-corrected chi connectivity index (χ0v) is 13.3. The number of rotatable bonds is 4. The number of hydrogen-bond acceptors (Lipinski definition) is 3. The third kappa shape index (κ3) is 2.96. The van der Waals surface area contributed by atoms with Gasteiger partial charge in [-0.15, -0.1) is 0 Å². The zero-order chi connectivity index (χ0) is 13.3. The van der Waals surface area contributed by atoms with Crippen LogP contribution in [-0.4, -0.2) is 24.0 Å².